The predicted molar refractivity (Wildman–Crippen MR) is 85.5 cm³/mol. The topological polar surface area (TPSA) is 72.9 Å². The van der Waals surface area contributed by atoms with Gasteiger partial charge < -0.3 is 10.6 Å². The lowest BCUT2D eigenvalue weighted by molar-refractivity contribution is 0.0138. The van der Waals surface area contributed by atoms with Crippen LogP contribution in [0.1, 0.15) is 12.5 Å². The van der Waals surface area contributed by atoms with E-state index in [2.05, 4.69) is 15.1 Å². The number of nitrogens with two attached hydrogens (primary N) is 1. The highest BCUT2D eigenvalue weighted by atomic mass is 19.3. The first-order valence-corrected chi connectivity index (χ1v) is 6.92. The number of ether oxygens (including phenoxy) is 1. The lowest BCUT2D eigenvalue weighted by Gasteiger charge is -2.11. The van der Waals surface area contributed by atoms with E-state index in [4.69, 9.17) is 10.6 Å². The van der Waals surface area contributed by atoms with Gasteiger partial charge in [-0.3, -0.25) is 4.99 Å². The number of aromatic nitrogens is 1. The summed E-state index contributed by atoms with van der Waals surface area (Å²) < 4.78 is 45.4. The number of hydrogen-bond acceptors (Lipinski definition) is 5. The summed E-state index contributed by atoms with van der Waals surface area (Å²) in [6.45, 7) is 0.612. The lowest BCUT2D eigenvalue weighted by atomic mass is 10.1. The van der Waals surface area contributed by atoms with Gasteiger partial charge in [0.25, 0.3) is 5.92 Å². The predicted octanol–water partition coefficient (Wildman–Crippen LogP) is 3.43. The average Bonchev–Trinajstić information content (AvgIpc) is 2.56. The number of aliphatic imine (C=N–C) groups is 1. The normalized spacial score (nSPS) is 12.6. The first kappa shape index (κ1) is 17.5. The fourth-order valence-corrected chi connectivity index (χ4v) is 1.77. The summed E-state index contributed by atoms with van der Waals surface area (Å²) in [5.74, 6) is 1.32. The molecule has 1 aromatic heterocycles. The maximum Gasteiger partial charge on any atom is 0.273 e. The molecule has 0 saturated carbocycles. The van der Waals surface area contributed by atoms with Crippen LogP contribution in [0.3, 0.4) is 0 Å². The fourth-order valence-electron chi connectivity index (χ4n) is 1.77. The molecule has 0 aliphatic heterocycles. The highest BCUT2D eigenvalue weighted by Gasteiger charge is 2.28. The Kier molecular flexibility index (Phi) is 5.51. The van der Waals surface area contributed by atoms with Gasteiger partial charge in [-0.2, -0.15) is 5.10 Å². The van der Waals surface area contributed by atoms with Crippen molar-refractivity contribution < 1.29 is 17.9 Å². The Labute approximate surface area is 136 Å². The van der Waals surface area contributed by atoms with E-state index in [9.17, 15) is 13.2 Å². The second-order valence-electron chi connectivity index (χ2n) is 4.89. The lowest BCUT2D eigenvalue weighted by Crippen LogP contribution is -2.15. The van der Waals surface area contributed by atoms with Gasteiger partial charge in [0.2, 0.25) is 5.88 Å². The maximum absolute atomic E-state index is 13.4. The molecule has 0 unspecified atom stereocenters. The Morgan fingerprint density at radius 1 is 1.33 bits per heavy atom. The van der Waals surface area contributed by atoms with Gasteiger partial charge in [-0.05, 0) is 24.3 Å². The number of pyridine rings is 1. The van der Waals surface area contributed by atoms with Crippen LogP contribution < -0.4 is 10.6 Å². The van der Waals surface area contributed by atoms with E-state index in [0.29, 0.717) is 12.8 Å². The van der Waals surface area contributed by atoms with E-state index in [1.165, 1.54) is 12.3 Å². The van der Waals surface area contributed by atoms with E-state index in [1.54, 1.807) is 24.4 Å². The number of rotatable bonds is 6. The average molecular weight is 336 g/mol. The molecule has 0 aliphatic rings. The molecule has 0 atom stereocenters. The van der Waals surface area contributed by atoms with Gasteiger partial charge in [0, 0.05) is 19.2 Å². The minimum atomic E-state index is -3.30. The van der Waals surface area contributed by atoms with Crippen molar-refractivity contribution in [1.29, 1.82) is 0 Å². The molecule has 2 rings (SSSR count). The number of halogens is 3. The largest absolute Gasteiger partial charge is 0.471 e. The van der Waals surface area contributed by atoms with E-state index in [1.807, 2.05) is 0 Å². The van der Waals surface area contributed by atoms with Gasteiger partial charge in [0.1, 0.15) is 18.1 Å². The Morgan fingerprint density at radius 2 is 2.12 bits per heavy atom. The van der Waals surface area contributed by atoms with Gasteiger partial charge in [-0.1, -0.05) is 6.07 Å². The SMILES string of the molecule is CC(F)(F)c1cc(N=CC(COc2ccccn2)=NN)ccc1F. The van der Waals surface area contributed by atoms with Crippen molar-refractivity contribution in [3.05, 3.63) is 54.0 Å². The van der Waals surface area contributed by atoms with Gasteiger partial charge in [0.15, 0.2) is 0 Å². The monoisotopic (exact) mass is 336 g/mol. The number of hydrogen-bond donors (Lipinski definition) is 1. The molecule has 2 N–H and O–H groups in total. The van der Waals surface area contributed by atoms with Crippen LogP contribution in [0.4, 0.5) is 18.9 Å². The summed E-state index contributed by atoms with van der Waals surface area (Å²) in [4.78, 5) is 7.93. The Hall–Kier alpha value is -2.90. The molecule has 1 aromatic carbocycles. The molecule has 0 saturated heterocycles. The summed E-state index contributed by atoms with van der Waals surface area (Å²) in [7, 11) is 0. The van der Waals surface area contributed by atoms with Crippen molar-refractivity contribution in [1.82, 2.24) is 4.98 Å². The summed E-state index contributed by atoms with van der Waals surface area (Å²) in [6, 6.07) is 8.32. The molecule has 0 amide bonds. The highest BCUT2D eigenvalue weighted by molar-refractivity contribution is 6.31. The zero-order chi connectivity index (χ0) is 17.6. The second kappa shape index (κ2) is 7.58. The van der Waals surface area contributed by atoms with Gasteiger partial charge in [-0.25, -0.2) is 18.2 Å². The molecule has 0 fully saturated rings. The van der Waals surface area contributed by atoms with Gasteiger partial charge in [0.05, 0.1) is 17.5 Å². The zero-order valence-electron chi connectivity index (χ0n) is 12.8. The summed E-state index contributed by atoms with van der Waals surface area (Å²) in [5.41, 5.74) is -0.324. The third-order valence-corrected chi connectivity index (χ3v) is 2.96. The first-order valence-electron chi connectivity index (χ1n) is 6.92. The summed E-state index contributed by atoms with van der Waals surface area (Å²) >= 11 is 0. The van der Waals surface area contributed by atoms with Crippen LogP contribution in [0.25, 0.3) is 0 Å². The maximum atomic E-state index is 13.4. The molecule has 24 heavy (non-hydrogen) atoms. The van der Waals surface area contributed by atoms with Crippen molar-refractivity contribution in [3.8, 4) is 5.88 Å². The summed E-state index contributed by atoms with van der Waals surface area (Å²) in [6.07, 6.45) is 2.82. The smallest absolute Gasteiger partial charge is 0.273 e. The molecule has 1 heterocycles. The molecule has 2 aromatic rings. The van der Waals surface area contributed by atoms with Crippen LogP contribution in [0.5, 0.6) is 5.88 Å². The molecule has 126 valence electrons. The van der Waals surface area contributed by atoms with Crippen molar-refractivity contribution in [3.63, 3.8) is 0 Å². The Balaban J connectivity index is 2.08. The Morgan fingerprint density at radius 3 is 2.75 bits per heavy atom. The van der Waals surface area contributed by atoms with E-state index >= 15 is 0 Å². The zero-order valence-corrected chi connectivity index (χ0v) is 12.8. The van der Waals surface area contributed by atoms with Crippen molar-refractivity contribution in [2.24, 2.45) is 15.9 Å². The molecule has 0 bridgehead atoms. The van der Waals surface area contributed by atoms with E-state index < -0.39 is 17.3 Å². The van der Waals surface area contributed by atoms with Crippen LogP contribution in [0, 0.1) is 5.82 Å². The quantitative estimate of drug-likeness (QED) is 0.499. The van der Waals surface area contributed by atoms with Crippen molar-refractivity contribution in [2.75, 3.05) is 6.61 Å². The van der Waals surface area contributed by atoms with Crippen molar-refractivity contribution >= 4 is 17.6 Å². The molecular formula is C16H15F3N4O. The van der Waals surface area contributed by atoms with Gasteiger partial charge in [-0.15, -0.1) is 0 Å². The molecule has 0 spiro atoms. The van der Waals surface area contributed by atoms with E-state index in [0.717, 1.165) is 12.1 Å². The van der Waals surface area contributed by atoms with Crippen LogP contribution in [0.2, 0.25) is 0 Å². The molecule has 0 aliphatic carbocycles. The third-order valence-electron chi connectivity index (χ3n) is 2.96. The van der Waals surface area contributed by atoms with Crippen LogP contribution >= 0.6 is 0 Å². The number of hydrazone groups is 1. The number of alkyl halides is 2. The second-order valence-corrected chi connectivity index (χ2v) is 4.89. The minimum Gasteiger partial charge on any atom is -0.471 e. The molecule has 8 heteroatoms. The van der Waals surface area contributed by atoms with Crippen LogP contribution in [-0.4, -0.2) is 23.5 Å². The van der Waals surface area contributed by atoms with Crippen molar-refractivity contribution in [2.45, 2.75) is 12.8 Å². The number of benzene rings is 1. The highest BCUT2D eigenvalue weighted by Crippen LogP contribution is 2.31. The van der Waals surface area contributed by atoms with E-state index in [-0.39, 0.29) is 18.0 Å². The molecule has 5 nitrogen and oxygen atoms in total. The standard InChI is InChI=1S/C16H15F3N4O/c1-16(18,19)13-8-11(5-6-14(13)17)22-9-12(23-20)10-24-15-4-2-3-7-21-15/h2-9H,10,20H2,1H3. The van der Waals surface area contributed by atoms with Gasteiger partial charge >= 0.3 is 0 Å². The molecular weight excluding hydrogens is 321 g/mol. The van der Waals surface area contributed by atoms with Crippen LogP contribution in [0.15, 0.2) is 52.7 Å². The third kappa shape index (κ3) is 4.80. The Bertz CT molecular complexity index is 743. The van der Waals surface area contributed by atoms with Crippen LogP contribution in [-0.2, 0) is 5.92 Å². The molecule has 0 radical (unpaired) electrons. The first-order chi connectivity index (χ1) is 11.4. The number of nitrogens with zero attached hydrogens (tertiary/aromatic N) is 3. The fraction of sp³-hybridized carbons (Fsp3) is 0.188. The summed E-state index contributed by atoms with van der Waals surface area (Å²) in [5, 5.41) is 3.50. The minimum absolute atomic E-state index is 0.00496.